The van der Waals surface area contributed by atoms with Gasteiger partial charge in [0.15, 0.2) is 0 Å². The number of halogens is 4. The van der Waals surface area contributed by atoms with E-state index in [1.54, 1.807) is 0 Å². The molecule has 0 radical (unpaired) electrons. The first kappa shape index (κ1) is 45.4. The van der Waals surface area contributed by atoms with Crippen LogP contribution >= 0.6 is 49.6 Å². The fraction of sp³-hybridized carbons (Fsp3) is 0. The van der Waals surface area contributed by atoms with E-state index in [1.165, 1.54) is 0 Å². The molecule has 0 fully saturated rings. The Morgan fingerprint density at radius 2 is 0.667 bits per heavy atom. The molecule has 0 aromatic rings. The van der Waals surface area contributed by atoms with E-state index in [0.29, 0.717) is 24.7 Å². The third-order valence-corrected chi connectivity index (χ3v) is 0. The number of hydrogen-bond acceptors (Lipinski definition) is 1. The van der Waals surface area contributed by atoms with Crippen LogP contribution in [0.2, 0.25) is 0 Å². The number of hydrogen-bond donors (Lipinski definition) is 0. The summed E-state index contributed by atoms with van der Waals surface area (Å²) in [6, 6.07) is 0. The van der Waals surface area contributed by atoms with Crippen LogP contribution in [0.15, 0.2) is 0 Å². The van der Waals surface area contributed by atoms with E-state index in [4.69, 9.17) is 2.81 Å². The zero-order valence-electron chi connectivity index (χ0n) is 2.54. The molecule has 0 amide bonds. The van der Waals surface area contributed by atoms with Crippen molar-refractivity contribution in [2.45, 2.75) is 0 Å². The molecule has 0 rings (SSSR count). The monoisotopic (exact) mass is 250 g/mol. The second kappa shape index (κ2) is 68.8. The summed E-state index contributed by atoms with van der Waals surface area (Å²) < 4.78 is 8.34. The molecule has 0 heterocycles. The van der Waals surface area contributed by atoms with E-state index in [2.05, 4.69) is 0 Å². The summed E-state index contributed by atoms with van der Waals surface area (Å²) in [7, 11) is 0. The Morgan fingerprint density at radius 3 is 0.667 bits per heavy atom. The SMILES string of the molecule is Cl.Cl.Cl.Cl.[O]=[Zr]. The summed E-state index contributed by atoms with van der Waals surface area (Å²) in [6.07, 6.45) is 0. The van der Waals surface area contributed by atoms with Gasteiger partial charge in [-0.1, -0.05) is 0 Å². The van der Waals surface area contributed by atoms with Crippen molar-refractivity contribution in [3.8, 4) is 0 Å². The molecular weight excluding hydrogens is 249 g/mol. The molecule has 0 N–H and O–H groups in total. The van der Waals surface area contributed by atoms with Crippen LogP contribution in [0.3, 0.4) is 0 Å². The predicted molar refractivity (Wildman–Crippen MR) is 29.7 cm³/mol. The van der Waals surface area contributed by atoms with Gasteiger partial charge in [0.25, 0.3) is 0 Å². The third-order valence-electron chi connectivity index (χ3n) is 0. The Labute approximate surface area is 76.6 Å². The molecule has 0 atom stereocenters. The summed E-state index contributed by atoms with van der Waals surface area (Å²) in [5.41, 5.74) is 0. The first-order chi connectivity index (χ1) is 1.00. The molecule has 0 saturated carbocycles. The van der Waals surface area contributed by atoms with Gasteiger partial charge in [-0.3, -0.25) is 0 Å². The average Bonchev–Trinajstić information content (AvgIpc) is 1.00. The molecule has 0 aromatic heterocycles. The molecule has 0 unspecified atom stereocenters. The average molecular weight is 253 g/mol. The Kier molecular flexibility index (Phi) is 521. The van der Waals surface area contributed by atoms with Crippen molar-refractivity contribution >= 4 is 49.6 Å². The molecular formula is H4Cl4OZr. The summed E-state index contributed by atoms with van der Waals surface area (Å²) >= 11 is 0.300. The van der Waals surface area contributed by atoms with Gasteiger partial charge in [0.05, 0.1) is 0 Å². The molecule has 42 valence electrons. The van der Waals surface area contributed by atoms with Crippen molar-refractivity contribution in [2.24, 2.45) is 0 Å². The minimum atomic E-state index is 0. The summed E-state index contributed by atoms with van der Waals surface area (Å²) in [5, 5.41) is 0. The summed E-state index contributed by atoms with van der Waals surface area (Å²) in [5.74, 6) is 0. The van der Waals surface area contributed by atoms with Gasteiger partial charge in [0, 0.05) is 0 Å². The van der Waals surface area contributed by atoms with E-state index in [1.807, 2.05) is 0 Å². The first-order valence-electron chi connectivity index (χ1n) is 0.204. The van der Waals surface area contributed by atoms with Crippen molar-refractivity contribution in [1.82, 2.24) is 0 Å². The van der Waals surface area contributed by atoms with Crippen molar-refractivity contribution in [1.29, 1.82) is 0 Å². The van der Waals surface area contributed by atoms with Gasteiger partial charge >= 0.3 is 27.5 Å². The quantitative estimate of drug-likeness (QED) is 0.640. The fourth-order valence-corrected chi connectivity index (χ4v) is 0. The number of rotatable bonds is 0. The molecule has 0 aliphatic heterocycles. The van der Waals surface area contributed by atoms with Gasteiger partial charge in [-0.15, -0.1) is 49.6 Å². The van der Waals surface area contributed by atoms with Crippen LogP contribution < -0.4 is 0 Å². The molecule has 0 saturated heterocycles. The van der Waals surface area contributed by atoms with Gasteiger partial charge in [0.1, 0.15) is 0 Å². The van der Waals surface area contributed by atoms with Crippen LogP contribution in [0.1, 0.15) is 0 Å². The van der Waals surface area contributed by atoms with Crippen LogP contribution in [-0.4, -0.2) is 0 Å². The molecule has 0 spiro atoms. The van der Waals surface area contributed by atoms with E-state index < -0.39 is 0 Å². The predicted octanol–water partition coefficient (Wildman–Crippen LogP) is 1.57. The minimum absolute atomic E-state index is 0. The van der Waals surface area contributed by atoms with E-state index >= 15 is 0 Å². The maximum atomic E-state index is 8.34. The fourth-order valence-electron chi connectivity index (χ4n) is 0. The normalized spacial score (nSPS) is 0.500. The Balaban J connectivity index is -0.000000000833. The second-order valence-corrected chi connectivity index (χ2v) is 0. The van der Waals surface area contributed by atoms with E-state index in [-0.39, 0.29) is 49.6 Å². The molecule has 6 heavy (non-hydrogen) atoms. The molecule has 0 aromatic carbocycles. The molecule has 6 heteroatoms. The Hall–Kier alpha value is 1.84. The van der Waals surface area contributed by atoms with Crippen LogP contribution in [0, 0.1) is 0 Å². The Morgan fingerprint density at radius 1 is 0.667 bits per heavy atom. The second-order valence-electron chi connectivity index (χ2n) is 0. The van der Waals surface area contributed by atoms with Gasteiger partial charge in [0.2, 0.25) is 0 Å². The van der Waals surface area contributed by atoms with Crippen LogP contribution in [0.4, 0.5) is 0 Å². The van der Waals surface area contributed by atoms with E-state index in [0.717, 1.165) is 0 Å². The van der Waals surface area contributed by atoms with Gasteiger partial charge in [-0.2, -0.15) is 0 Å². The molecule has 0 bridgehead atoms. The van der Waals surface area contributed by atoms with Crippen LogP contribution in [-0.2, 0) is 27.5 Å². The van der Waals surface area contributed by atoms with Crippen LogP contribution in [0.5, 0.6) is 0 Å². The molecule has 0 aliphatic carbocycles. The zero-order chi connectivity index (χ0) is 2.00. The maximum absolute atomic E-state index is 8.34. The van der Waals surface area contributed by atoms with Crippen molar-refractivity contribution < 1.29 is 27.5 Å². The van der Waals surface area contributed by atoms with Gasteiger partial charge in [-0.25, -0.2) is 0 Å². The zero-order valence-corrected chi connectivity index (χ0v) is 8.27. The van der Waals surface area contributed by atoms with Crippen molar-refractivity contribution in [3.05, 3.63) is 0 Å². The van der Waals surface area contributed by atoms with E-state index in [9.17, 15) is 0 Å². The van der Waals surface area contributed by atoms with Crippen molar-refractivity contribution in [2.75, 3.05) is 0 Å². The molecule has 0 aliphatic rings. The van der Waals surface area contributed by atoms with Gasteiger partial charge in [-0.05, 0) is 0 Å². The first-order valence-corrected chi connectivity index (χ1v) is 1.21. The standard InChI is InChI=1S/4ClH.O.Zr/h4*1H;;. The summed E-state index contributed by atoms with van der Waals surface area (Å²) in [6.45, 7) is 0. The Bertz CT molecular complexity index is 7.51. The van der Waals surface area contributed by atoms with Crippen LogP contribution in [0.25, 0.3) is 0 Å². The van der Waals surface area contributed by atoms with Crippen molar-refractivity contribution in [3.63, 3.8) is 0 Å². The van der Waals surface area contributed by atoms with Gasteiger partial charge < -0.3 is 0 Å². The summed E-state index contributed by atoms with van der Waals surface area (Å²) in [4.78, 5) is 0. The molecule has 1 nitrogen and oxygen atoms in total. The topological polar surface area (TPSA) is 17.1 Å². The third kappa shape index (κ3) is 40.3.